The van der Waals surface area contributed by atoms with Crippen LogP contribution in [0.15, 0.2) is 48.5 Å². The first-order valence-electron chi connectivity index (χ1n) is 6.45. The van der Waals surface area contributed by atoms with Crippen LogP contribution in [0.5, 0.6) is 0 Å². The third kappa shape index (κ3) is 2.45. The van der Waals surface area contributed by atoms with Crippen LogP contribution < -0.4 is 11.1 Å². The Morgan fingerprint density at radius 1 is 1.05 bits per heavy atom. The number of hydrogen-bond donors (Lipinski definition) is 2. The molecular weight excluding hydrogens is 236 g/mol. The van der Waals surface area contributed by atoms with Crippen LogP contribution in [0.1, 0.15) is 11.1 Å². The molecule has 96 valence electrons. The summed E-state index contributed by atoms with van der Waals surface area (Å²) in [5.74, 6) is 0.0978. The lowest BCUT2D eigenvalue weighted by Gasteiger charge is -2.10. The van der Waals surface area contributed by atoms with Crippen LogP contribution in [-0.4, -0.2) is 5.91 Å². The number of hydrogen-bond acceptors (Lipinski definition) is 2. The maximum Gasteiger partial charge on any atom is 0.228 e. The van der Waals surface area contributed by atoms with E-state index in [9.17, 15) is 4.79 Å². The number of benzene rings is 2. The second-order valence-electron chi connectivity index (χ2n) is 4.99. The van der Waals surface area contributed by atoms with Gasteiger partial charge in [-0.2, -0.15) is 0 Å². The normalized spacial score (nSPS) is 14.1. The molecule has 0 unspecified atom stereocenters. The lowest BCUT2D eigenvalue weighted by Crippen LogP contribution is -2.23. The van der Waals surface area contributed by atoms with Gasteiger partial charge in [-0.05, 0) is 42.2 Å². The van der Waals surface area contributed by atoms with Crippen LogP contribution in [0, 0.1) is 5.92 Å². The van der Waals surface area contributed by atoms with E-state index in [0.29, 0.717) is 5.69 Å². The third-order valence-electron chi connectivity index (χ3n) is 3.58. The van der Waals surface area contributed by atoms with E-state index < -0.39 is 0 Å². The maximum atomic E-state index is 12.2. The minimum Gasteiger partial charge on any atom is -0.399 e. The molecule has 2 aromatic rings. The van der Waals surface area contributed by atoms with Crippen LogP contribution in [0.25, 0.3) is 0 Å². The number of carbonyl (C=O) groups excluding carboxylic acids is 1. The lowest BCUT2D eigenvalue weighted by molar-refractivity contribution is -0.119. The van der Waals surface area contributed by atoms with Crippen molar-refractivity contribution in [1.82, 2.24) is 0 Å². The fraction of sp³-hybridized carbons (Fsp3) is 0.188. The molecule has 3 N–H and O–H groups in total. The second kappa shape index (κ2) is 4.76. The van der Waals surface area contributed by atoms with Crippen LogP contribution in [0.2, 0.25) is 0 Å². The Morgan fingerprint density at radius 2 is 1.74 bits per heavy atom. The highest BCUT2D eigenvalue weighted by Gasteiger charge is 2.26. The smallest absolute Gasteiger partial charge is 0.228 e. The van der Waals surface area contributed by atoms with Gasteiger partial charge in [-0.15, -0.1) is 0 Å². The Labute approximate surface area is 112 Å². The van der Waals surface area contributed by atoms with Gasteiger partial charge in [-0.3, -0.25) is 4.79 Å². The molecule has 2 aromatic carbocycles. The summed E-state index contributed by atoms with van der Waals surface area (Å²) in [5.41, 5.74) is 9.70. The first-order chi connectivity index (χ1) is 9.22. The second-order valence-corrected chi connectivity index (χ2v) is 4.99. The molecule has 19 heavy (non-hydrogen) atoms. The van der Waals surface area contributed by atoms with Crippen LogP contribution in [0.4, 0.5) is 11.4 Å². The van der Waals surface area contributed by atoms with Gasteiger partial charge in [0.15, 0.2) is 0 Å². The van der Waals surface area contributed by atoms with Gasteiger partial charge in [0, 0.05) is 17.3 Å². The maximum absolute atomic E-state index is 12.2. The summed E-state index contributed by atoms with van der Waals surface area (Å²) in [6, 6.07) is 15.5. The van der Waals surface area contributed by atoms with Crippen molar-refractivity contribution in [3.8, 4) is 0 Å². The zero-order valence-electron chi connectivity index (χ0n) is 10.6. The number of nitrogens with two attached hydrogens (primary N) is 1. The van der Waals surface area contributed by atoms with Crippen molar-refractivity contribution in [2.45, 2.75) is 12.8 Å². The summed E-state index contributed by atoms with van der Waals surface area (Å²) >= 11 is 0. The number of nitrogens with one attached hydrogen (secondary N) is 1. The van der Waals surface area contributed by atoms with Gasteiger partial charge < -0.3 is 11.1 Å². The average molecular weight is 252 g/mol. The van der Waals surface area contributed by atoms with Crippen molar-refractivity contribution < 1.29 is 4.79 Å². The summed E-state index contributed by atoms with van der Waals surface area (Å²) in [6.45, 7) is 0. The van der Waals surface area contributed by atoms with Gasteiger partial charge in [0.1, 0.15) is 0 Å². The molecule has 0 radical (unpaired) electrons. The zero-order chi connectivity index (χ0) is 13.2. The Balaban J connectivity index is 1.70. The van der Waals surface area contributed by atoms with Gasteiger partial charge in [0.05, 0.1) is 0 Å². The lowest BCUT2D eigenvalue weighted by atomic mass is 10.1. The number of nitrogen functional groups attached to an aromatic ring is 1. The standard InChI is InChI=1S/C16H16N2O/c17-14-6-3-7-15(10-14)18-16(19)13-8-11-4-1-2-5-12(11)9-13/h1-7,10,13H,8-9,17H2,(H,18,19). The van der Waals surface area contributed by atoms with Crippen molar-refractivity contribution in [3.63, 3.8) is 0 Å². The molecule has 0 fully saturated rings. The number of rotatable bonds is 2. The molecule has 3 rings (SSSR count). The van der Waals surface area contributed by atoms with Crippen molar-refractivity contribution in [2.75, 3.05) is 11.1 Å². The Bertz CT molecular complexity index is 597. The van der Waals surface area contributed by atoms with E-state index in [1.165, 1.54) is 11.1 Å². The van der Waals surface area contributed by atoms with Gasteiger partial charge in [0.2, 0.25) is 5.91 Å². The number of carbonyl (C=O) groups is 1. The SMILES string of the molecule is Nc1cccc(NC(=O)C2Cc3ccccc3C2)c1. The van der Waals surface area contributed by atoms with Crippen LogP contribution in [-0.2, 0) is 17.6 Å². The summed E-state index contributed by atoms with van der Waals surface area (Å²) in [7, 11) is 0. The molecule has 0 saturated heterocycles. The highest BCUT2D eigenvalue weighted by molar-refractivity contribution is 5.93. The first-order valence-corrected chi connectivity index (χ1v) is 6.45. The predicted octanol–water partition coefficient (Wildman–Crippen LogP) is 2.62. The van der Waals surface area contributed by atoms with Crippen molar-refractivity contribution in [3.05, 3.63) is 59.7 Å². The van der Waals surface area contributed by atoms with E-state index in [2.05, 4.69) is 17.4 Å². The van der Waals surface area contributed by atoms with Gasteiger partial charge >= 0.3 is 0 Å². The highest BCUT2D eigenvalue weighted by Crippen LogP contribution is 2.27. The van der Waals surface area contributed by atoms with E-state index in [0.717, 1.165) is 18.5 Å². The highest BCUT2D eigenvalue weighted by atomic mass is 16.1. The fourth-order valence-electron chi connectivity index (χ4n) is 2.60. The van der Waals surface area contributed by atoms with E-state index in [1.807, 2.05) is 24.3 Å². The quantitative estimate of drug-likeness (QED) is 0.807. The van der Waals surface area contributed by atoms with Gasteiger partial charge in [-0.25, -0.2) is 0 Å². The number of fused-ring (bicyclic) bond motifs is 1. The molecule has 1 aliphatic carbocycles. The summed E-state index contributed by atoms with van der Waals surface area (Å²) in [6.07, 6.45) is 1.65. The molecule has 1 aliphatic rings. The molecule has 0 aromatic heterocycles. The summed E-state index contributed by atoms with van der Waals surface area (Å²) < 4.78 is 0. The summed E-state index contributed by atoms with van der Waals surface area (Å²) in [4.78, 5) is 12.2. The topological polar surface area (TPSA) is 55.1 Å². The molecule has 0 spiro atoms. The van der Waals surface area contributed by atoms with E-state index >= 15 is 0 Å². The molecule has 0 aliphatic heterocycles. The summed E-state index contributed by atoms with van der Waals surface area (Å²) in [5, 5.41) is 2.94. The molecule has 3 heteroatoms. The minimum absolute atomic E-state index is 0.0267. The van der Waals surface area contributed by atoms with Crippen molar-refractivity contribution in [2.24, 2.45) is 5.92 Å². The molecule has 1 amide bonds. The zero-order valence-corrected chi connectivity index (χ0v) is 10.6. The molecule has 0 atom stereocenters. The Morgan fingerprint density at radius 3 is 2.37 bits per heavy atom. The Hall–Kier alpha value is -2.29. The molecular formula is C16H16N2O. The molecule has 0 bridgehead atoms. The molecule has 0 saturated carbocycles. The number of amides is 1. The Kier molecular flexibility index (Phi) is 2.95. The van der Waals surface area contributed by atoms with Crippen LogP contribution >= 0.6 is 0 Å². The predicted molar refractivity (Wildman–Crippen MR) is 76.8 cm³/mol. The van der Waals surface area contributed by atoms with E-state index in [1.54, 1.807) is 12.1 Å². The van der Waals surface area contributed by atoms with E-state index in [-0.39, 0.29) is 11.8 Å². The minimum atomic E-state index is 0.0267. The van der Waals surface area contributed by atoms with E-state index in [4.69, 9.17) is 5.73 Å². The fourth-order valence-corrected chi connectivity index (χ4v) is 2.60. The molecule has 0 heterocycles. The van der Waals surface area contributed by atoms with Gasteiger partial charge in [0.25, 0.3) is 0 Å². The van der Waals surface area contributed by atoms with Gasteiger partial charge in [-0.1, -0.05) is 30.3 Å². The monoisotopic (exact) mass is 252 g/mol. The first kappa shape index (κ1) is 11.8. The largest absolute Gasteiger partial charge is 0.399 e. The number of anilines is 2. The average Bonchev–Trinajstić information content (AvgIpc) is 2.82. The van der Waals surface area contributed by atoms with Crippen molar-refractivity contribution >= 4 is 17.3 Å². The molecule has 3 nitrogen and oxygen atoms in total. The van der Waals surface area contributed by atoms with Crippen molar-refractivity contribution in [1.29, 1.82) is 0 Å². The third-order valence-corrected chi connectivity index (χ3v) is 3.58. The van der Waals surface area contributed by atoms with Crippen LogP contribution in [0.3, 0.4) is 0 Å².